The van der Waals surface area contributed by atoms with Gasteiger partial charge in [-0.2, -0.15) is 0 Å². The lowest BCUT2D eigenvalue weighted by Crippen LogP contribution is -2.54. The summed E-state index contributed by atoms with van der Waals surface area (Å²) < 4.78 is 0. The van der Waals surface area contributed by atoms with Crippen molar-refractivity contribution in [3.8, 4) is 0 Å². The number of hydrogen-bond donors (Lipinski definition) is 1. The molecule has 3 aliphatic carbocycles. The Hall–Kier alpha value is -0.0400. The van der Waals surface area contributed by atoms with E-state index in [0.29, 0.717) is 5.41 Å². The molecule has 0 amide bonds. The minimum Gasteiger partial charge on any atom is -0.325 e. The van der Waals surface area contributed by atoms with Gasteiger partial charge in [-0.05, 0) is 74.5 Å². The lowest BCUT2D eigenvalue weighted by atomic mass is 9.53. The number of rotatable bonds is 1. The van der Waals surface area contributed by atoms with Gasteiger partial charge in [-0.15, -0.1) is 0 Å². The summed E-state index contributed by atoms with van der Waals surface area (Å²) in [5, 5.41) is 0. The van der Waals surface area contributed by atoms with E-state index in [-0.39, 0.29) is 5.54 Å². The Bertz CT molecular complexity index is 348. The Morgan fingerprint density at radius 3 is 2.45 bits per heavy atom. The molecule has 3 aliphatic rings. The van der Waals surface area contributed by atoms with Crippen molar-refractivity contribution in [1.82, 2.24) is 0 Å². The van der Waals surface area contributed by atoms with Crippen molar-refractivity contribution in [2.45, 2.75) is 90.5 Å². The first-order valence-corrected chi connectivity index (χ1v) is 9.28. The van der Waals surface area contributed by atoms with Gasteiger partial charge in [-0.3, -0.25) is 0 Å². The van der Waals surface area contributed by atoms with Gasteiger partial charge in [0.05, 0.1) is 0 Å². The Balaban J connectivity index is 1.87. The van der Waals surface area contributed by atoms with E-state index in [1.54, 1.807) is 0 Å². The molecule has 1 nitrogen and oxygen atoms in total. The van der Waals surface area contributed by atoms with E-state index in [1.165, 1.54) is 64.2 Å². The molecule has 6 unspecified atom stereocenters. The van der Waals surface area contributed by atoms with Crippen molar-refractivity contribution in [2.24, 2.45) is 34.8 Å². The number of hydrogen-bond acceptors (Lipinski definition) is 1. The van der Waals surface area contributed by atoms with Crippen LogP contribution < -0.4 is 5.73 Å². The maximum absolute atomic E-state index is 6.79. The van der Waals surface area contributed by atoms with Gasteiger partial charge < -0.3 is 5.73 Å². The minimum atomic E-state index is 0.108. The first-order valence-electron chi connectivity index (χ1n) is 9.28. The molecule has 0 bridgehead atoms. The molecule has 0 radical (unpaired) electrons. The smallest absolute Gasteiger partial charge is 0.0157 e. The molecule has 3 rings (SSSR count). The normalized spacial score (nSPS) is 52.8. The Morgan fingerprint density at radius 1 is 0.900 bits per heavy atom. The van der Waals surface area contributed by atoms with Gasteiger partial charge >= 0.3 is 0 Å². The summed E-state index contributed by atoms with van der Waals surface area (Å²) >= 11 is 0. The van der Waals surface area contributed by atoms with Crippen LogP contribution in [0.3, 0.4) is 0 Å². The van der Waals surface area contributed by atoms with E-state index in [1.807, 2.05) is 0 Å². The quantitative estimate of drug-likeness (QED) is 0.706. The van der Waals surface area contributed by atoms with Crippen LogP contribution in [0.5, 0.6) is 0 Å². The van der Waals surface area contributed by atoms with Gasteiger partial charge in [0.15, 0.2) is 0 Å². The first-order chi connectivity index (χ1) is 9.49. The molecule has 0 aromatic heterocycles. The SMILES string of the molecule is CCC1CCC2C3CCCCCC(C)(N)C3CCC12C. The zero-order valence-electron chi connectivity index (χ0n) is 14.0. The maximum atomic E-state index is 6.79. The molecule has 0 aromatic rings. The third-order valence-corrected chi connectivity index (χ3v) is 7.73. The fraction of sp³-hybridized carbons (Fsp3) is 1.00. The molecule has 0 aromatic carbocycles. The zero-order chi connectivity index (χ0) is 14.4. The molecule has 3 saturated carbocycles. The molecular formula is C19H35N. The molecule has 0 aliphatic heterocycles. The van der Waals surface area contributed by atoms with Crippen LogP contribution in [-0.4, -0.2) is 5.54 Å². The zero-order valence-corrected chi connectivity index (χ0v) is 14.0. The molecule has 2 N–H and O–H groups in total. The van der Waals surface area contributed by atoms with Crippen LogP contribution in [0, 0.1) is 29.1 Å². The van der Waals surface area contributed by atoms with Gasteiger partial charge in [-0.25, -0.2) is 0 Å². The third-order valence-electron chi connectivity index (χ3n) is 7.73. The highest BCUT2D eigenvalue weighted by atomic mass is 14.8. The molecule has 0 saturated heterocycles. The van der Waals surface area contributed by atoms with Crippen molar-refractivity contribution in [1.29, 1.82) is 0 Å². The second kappa shape index (κ2) is 5.30. The Kier molecular flexibility index (Phi) is 3.95. The standard InChI is InChI=1S/C19H35N/c1-4-14-9-10-16-15-8-6-5-7-12-19(3,20)17(15)11-13-18(14,16)2/h14-17H,4-13,20H2,1-3H3. The van der Waals surface area contributed by atoms with Gasteiger partial charge in [0.1, 0.15) is 0 Å². The summed E-state index contributed by atoms with van der Waals surface area (Å²) in [6, 6.07) is 0. The van der Waals surface area contributed by atoms with E-state index in [0.717, 1.165) is 23.7 Å². The third kappa shape index (κ3) is 2.25. The van der Waals surface area contributed by atoms with Crippen LogP contribution >= 0.6 is 0 Å². The average molecular weight is 277 g/mol. The van der Waals surface area contributed by atoms with Crippen LogP contribution in [0.25, 0.3) is 0 Å². The van der Waals surface area contributed by atoms with Crippen molar-refractivity contribution < 1.29 is 0 Å². The van der Waals surface area contributed by atoms with E-state index in [9.17, 15) is 0 Å². The van der Waals surface area contributed by atoms with Gasteiger partial charge in [0, 0.05) is 5.54 Å². The molecule has 0 spiro atoms. The summed E-state index contributed by atoms with van der Waals surface area (Å²) in [7, 11) is 0. The average Bonchev–Trinajstić information content (AvgIpc) is 2.72. The molecule has 20 heavy (non-hydrogen) atoms. The van der Waals surface area contributed by atoms with E-state index in [2.05, 4.69) is 20.8 Å². The van der Waals surface area contributed by atoms with Gasteiger partial charge in [0.25, 0.3) is 0 Å². The van der Waals surface area contributed by atoms with Crippen molar-refractivity contribution in [2.75, 3.05) is 0 Å². The second-order valence-corrected chi connectivity index (χ2v) is 8.71. The van der Waals surface area contributed by atoms with Crippen LogP contribution in [0.1, 0.15) is 85.0 Å². The van der Waals surface area contributed by atoms with E-state index < -0.39 is 0 Å². The number of nitrogens with two attached hydrogens (primary N) is 1. The predicted molar refractivity (Wildman–Crippen MR) is 86.5 cm³/mol. The maximum Gasteiger partial charge on any atom is 0.0157 e. The molecule has 3 fully saturated rings. The van der Waals surface area contributed by atoms with Crippen LogP contribution in [-0.2, 0) is 0 Å². The molecule has 0 heterocycles. The lowest BCUT2D eigenvalue weighted by Gasteiger charge is -2.54. The Morgan fingerprint density at radius 2 is 1.70 bits per heavy atom. The van der Waals surface area contributed by atoms with Crippen LogP contribution in [0.15, 0.2) is 0 Å². The molecular weight excluding hydrogens is 242 g/mol. The van der Waals surface area contributed by atoms with Crippen LogP contribution in [0.2, 0.25) is 0 Å². The van der Waals surface area contributed by atoms with E-state index >= 15 is 0 Å². The van der Waals surface area contributed by atoms with Crippen LogP contribution in [0.4, 0.5) is 0 Å². The Labute approximate surface area is 126 Å². The highest BCUT2D eigenvalue weighted by Crippen LogP contribution is 2.62. The van der Waals surface area contributed by atoms with Gasteiger partial charge in [0.2, 0.25) is 0 Å². The van der Waals surface area contributed by atoms with Crippen molar-refractivity contribution in [3.63, 3.8) is 0 Å². The fourth-order valence-corrected chi connectivity index (χ4v) is 6.54. The summed E-state index contributed by atoms with van der Waals surface area (Å²) in [5.74, 6) is 3.70. The second-order valence-electron chi connectivity index (χ2n) is 8.71. The predicted octanol–water partition coefficient (Wildman–Crippen LogP) is 5.14. The van der Waals surface area contributed by atoms with Crippen molar-refractivity contribution >= 4 is 0 Å². The summed E-state index contributed by atoms with van der Waals surface area (Å²) in [5.41, 5.74) is 7.55. The highest BCUT2D eigenvalue weighted by molar-refractivity contribution is 5.06. The molecule has 116 valence electrons. The lowest BCUT2D eigenvalue weighted by molar-refractivity contribution is -0.0260. The largest absolute Gasteiger partial charge is 0.325 e. The highest BCUT2D eigenvalue weighted by Gasteiger charge is 2.55. The first kappa shape index (κ1) is 14.9. The summed E-state index contributed by atoms with van der Waals surface area (Å²) in [6.07, 6.45) is 14.2. The van der Waals surface area contributed by atoms with Crippen molar-refractivity contribution in [3.05, 3.63) is 0 Å². The minimum absolute atomic E-state index is 0.108. The monoisotopic (exact) mass is 277 g/mol. The topological polar surface area (TPSA) is 26.0 Å². The fourth-order valence-electron chi connectivity index (χ4n) is 6.54. The molecule has 1 heteroatoms. The van der Waals surface area contributed by atoms with Gasteiger partial charge in [-0.1, -0.05) is 39.5 Å². The molecule has 6 atom stereocenters. The summed E-state index contributed by atoms with van der Waals surface area (Å²) in [4.78, 5) is 0. The number of fused-ring (bicyclic) bond motifs is 3. The summed E-state index contributed by atoms with van der Waals surface area (Å²) in [6.45, 7) is 7.40. The van der Waals surface area contributed by atoms with E-state index in [4.69, 9.17) is 5.73 Å².